The lowest BCUT2D eigenvalue weighted by Gasteiger charge is -2.54. The normalized spacial score (nSPS) is 38.7. The van der Waals surface area contributed by atoms with Crippen LogP contribution >= 0.6 is 0 Å². The van der Waals surface area contributed by atoms with E-state index in [0.717, 1.165) is 17.8 Å². The largest absolute Gasteiger partial charge is 0.433 e. The third kappa shape index (κ3) is 1.96. The molecule has 0 spiro atoms. The molecule has 1 aromatic rings. The van der Waals surface area contributed by atoms with Crippen molar-refractivity contribution in [1.82, 2.24) is 0 Å². The molecule has 5 nitrogen and oxygen atoms in total. The zero-order chi connectivity index (χ0) is 13.7. The fraction of sp³-hybridized carbons (Fsp3) is 0.667. The van der Waals surface area contributed by atoms with Crippen molar-refractivity contribution in [1.29, 1.82) is 0 Å². The minimum absolute atomic E-state index is 0.0936. The molecule has 4 fully saturated rings. The summed E-state index contributed by atoms with van der Waals surface area (Å²) < 4.78 is 5.16. The van der Waals surface area contributed by atoms with Gasteiger partial charge in [0.25, 0.3) is 0 Å². The zero-order valence-electron chi connectivity index (χ0n) is 11.3. The quantitative estimate of drug-likeness (QED) is 0.480. The molecule has 1 heterocycles. The first kappa shape index (κ1) is 12.1. The predicted octanol–water partition coefficient (Wildman–Crippen LogP) is 3.58. The average Bonchev–Trinajstić information content (AvgIpc) is 2.84. The van der Waals surface area contributed by atoms with Crippen LogP contribution in [0.1, 0.15) is 44.3 Å². The molecule has 106 valence electrons. The van der Waals surface area contributed by atoms with Crippen molar-refractivity contribution in [2.45, 2.75) is 44.1 Å². The van der Waals surface area contributed by atoms with Gasteiger partial charge in [0.2, 0.25) is 0 Å². The molecule has 5 heteroatoms. The van der Waals surface area contributed by atoms with E-state index in [-0.39, 0.29) is 11.4 Å². The second-order valence-electron chi connectivity index (χ2n) is 6.83. The van der Waals surface area contributed by atoms with Gasteiger partial charge in [0.15, 0.2) is 5.76 Å². The second kappa shape index (κ2) is 4.17. The van der Waals surface area contributed by atoms with Crippen molar-refractivity contribution in [2.75, 3.05) is 0 Å². The molecule has 0 atom stereocenters. The number of furan rings is 1. The van der Waals surface area contributed by atoms with E-state index >= 15 is 0 Å². The average molecular weight is 274 g/mol. The SMILES string of the molecule is O=[N+]([O-])c1ccc(C=NC23CC4CC(CC(C4)C2)C3)o1. The molecule has 20 heavy (non-hydrogen) atoms. The van der Waals surface area contributed by atoms with E-state index in [1.54, 1.807) is 12.3 Å². The molecule has 4 aliphatic rings. The van der Waals surface area contributed by atoms with Gasteiger partial charge >= 0.3 is 5.88 Å². The maximum atomic E-state index is 10.6. The Morgan fingerprint density at radius 3 is 2.30 bits per heavy atom. The van der Waals surface area contributed by atoms with Gasteiger partial charge in [0, 0.05) is 0 Å². The van der Waals surface area contributed by atoms with Crippen LogP contribution in [0.15, 0.2) is 21.5 Å². The van der Waals surface area contributed by atoms with Gasteiger partial charge in [-0.1, -0.05) is 0 Å². The number of aliphatic imine (C=N–C) groups is 1. The maximum Gasteiger partial charge on any atom is 0.433 e. The van der Waals surface area contributed by atoms with Crippen molar-refractivity contribution in [3.63, 3.8) is 0 Å². The molecule has 0 radical (unpaired) electrons. The molecule has 0 N–H and O–H groups in total. The van der Waals surface area contributed by atoms with Crippen LogP contribution in [-0.4, -0.2) is 16.7 Å². The van der Waals surface area contributed by atoms with Crippen molar-refractivity contribution in [2.24, 2.45) is 22.7 Å². The Morgan fingerprint density at radius 1 is 1.20 bits per heavy atom. The fourth-order valence-electron chi connectivity index (χ4n) is 4.93. The van der Waals surface area contributed by atoms with Gasteiger partial charge in [0.1, 0.15) is 4.92 Å². The highest BCUT2D eigenvalue weighted by Gasteiger charge is 2.50. The second-order valence-corrected chi connectivity index (χ2v) is 6.83. The Labute approximate surface area is 117 Å². The summed E-state index contributed by atoms with van der Waals surface area (Å²) in [6.07, 6.45) is 9.46. The van der Waals surface area contributed by atoms with Crippen LogP contribution < -0.4 is 0 Å². The number of nitrogens with zero attached hydrogens (tertiary/aromatic N) is 2. The summed E-state index contributed by atoms with van der Waals surface area (Å²) in [5.74, 6) is 2.84. The summed E-state index contributed by atoms with van der Waals surface area (Å²) >= 11 is 0. The first-order valence-electron chi connectivity index (χ1n) is 7.41. The van der Waals surface area contributed by atoms with Crippen molar-refractivity contribution in [3.8, 4) is 0 Å². The predicted molar refractivity (Wildman–Crippen MR) is 73.9 cm³/mol. The number of hydrogen-bond acceptors (Lipinski definition) is 4. The highest BCUT2D eigenvalue weighted by atomic mass is 16.6. The molecule has 1 aromatic heterocycles. The first-order valence-corrected chi connectivity index (χ1v) is 7.41. The highest BCUT2D eigenvalue weighted by Crippen LogP contribution is 2.57. The minimum atomic E-state index is -0.512. The molecule has 0 amide bonds. The number of nitro groups is 1. The molecule has 4 aliphatic carbocycles. The monoisotopic (exact) mass is 274 g/mol. The Morgan fingerprint density at radius 2 is 1.80 bits per heavy atom. The van der Waals surface area contributed by atoms with Crippen molar-refractivity contribution >= 4 is 12.1 Å². The Bertz CT molecular complexity index is 540. The highest BCUT2D eigenvalue weighted by molar-refractivity contribution is 5.76. The molecule has 0 aromatic carbocycles. The third-order valence-corrected chi connectivity index (χ3v) is 5.26. The van der Waals surface area contributed by atoms with Gasteiger partial charge in [-0.3, -0.25) is 15.1 Å². The van der Waals surface area contributed by atoms with Crippen LogP contribution in [-0.2, 0) is 0 Å². The summed E-state index contributed by atoms with van der Waals surface area (Å²) in [5, 5.41) is 10.6. The molecule has 0 unspecified atom stereocenters. The Hall–Kier alpha value is -1.65. The third-order valence-electron chi connectivity index (χ3n) is 5.26. The van der Waals surface area contributed by atoms with E-state index in [1.807, 2.05) is 0 Å². The molecule has 4 saturated carbocycles. The fourth-order valence-corrected chi connectivity index (χ4v) is 4.93. The van der Waals surface area contributed by atoms with E-state index in [4.69, 9.17) is 9.41 Å². The van der Waals surface area contributed by atoms with Crippen LogP contribution in [0.3, 0.4) is 0 Å². The van der Waals surface area contributed by atoms with E-state index in [9.17, 15) is 10.1 Å². The molecule has 0 saturated heterocycles. The summed E-state index contributed by atoms with van der Waals surface area (Å²) in [6.45, 7) is 0. The van der Waals surface area contributed by atoms with Crippen molar-refractivity contribution < 1.29 is 9.34 Å². The molecule has 5 rings (SSSR count). The van der Waals surface area contributed by atoms with Crippen LogP contribution in [0.4, 0.5) is 5.88 Å². The standard InChI is InChI=1S/C15H18N2O3/c18-17(19)14-2-1-13(20-14)9-16-15-6-10-3-11(7-15)5-12(4-10)8-15/h1-2,9-12H,3-8H2. The summed E-state index contributed by atoms with van der Waals surface area (Å²) in [7, 11) is 0. The van der Waals surface area contributed by atoms with Gasteiger partial charge in [-0.15, -0.1) is 0 Å². The van der Waals surface area contributed by atoms with Crippen LogP contribution in [0, 0.1) is 27.9 Å². The van der Waals surface area contributed by atoms with Gasteiger partial charge in [0.05, 0.1) is 17.8 Å². The summed E-state index contributed by atoms with van der Waals surface area (Å²) in [4.78, 5) is 14.9. The van der Waals surface area contributed by atoms with Gasteiger partial charge in [-0.05, 0) is 62.3 Å². The number of rotatable bonds is 3. The molecule has 4 bridgehead atoms. The minimum Gasteiger partial charge on any atom is -0.400 e. The van der Waals surface area contributed by atoms with Crippen molar-refractivity contribution in [3.05, 3.63) is 28.0 Å². The molecular weight excluding hydrogens is 256 g/mol. The summed E-state index contributed by atoms with van der Waals surface area (Å²) in [5.41, 5.74) is 0.0936. The lowest BCUT2D eigenvalue weighted by Crippen LogP contribution is -2.49. The van der Waals surface area contributed by atoms with Gasteiger partial charge in [-0.25, -0.2) is 0 Å². The zero-order valence-corrected chi connectivity index (χ0v) is 11.3. The first-order chi connectivity index (χ1) is 9.62. The van der Waals surface area contributed by atoms with Crippen LogP contribution in [0.5, 0.6) is 0 Å². The van der Waals surface area contributed by atoms with E-state index in [2.05, 4.69) is 0 Å². The molecule has 0 aliphatic heterocycles. The Kier molecular flexibility index (Phi) is 2.53. The van der Waals surface area contributed by atoms with Gasteiger partial charge in [-0.2, -0.15) is 0 Å². The molecular formula is C15H18N2O3. The smallest absolute Gasteiger partial charge is 0.400 e. The maximum absolute atomic E-state index is 10.6. The van der Waals surface area contributed by atoms with E-state index in [1.165, 1.54) is 44.6 Å². The Balaban J connectivity index is 1.55. The van der Waals surface area contributed by atoms with E-state index in [0.29, 0.717) is 5.76 Å². The van der Waals surface area contributed by atoms with Crippen LogP contribution in [0.25, 0.3) is 0 Å². The lowest BCUT2D eigenvalue weighted by molar-refractivity contribution is -0.402. The topological polar surface area (TPSA) is 68.6 Å². The van der Waals surface area contributed by atoms with E-state index < -0.39 is 4.92 Å². The summed E-state index contributed by atoms with van der Waals surface area (Å²) in [6, 6.07) is 3.02. The number of hydrogen-bond donors (Lipinski definition) is 0. The van der Waals surface area contributed by atoms with Crippen LogP contribution in [0.2, 0.25) is 0 Å². The van der Waals surface area contributed by atoms with Gasteiger partial charge < -0.3 is 4.42 Å². The lowest BCUT2D eigenvalue weighted by atomic mass is 9.53.